The smallest absolute Gasteiger partial charge is 0.243 e. The zero-order chi connectivity index (χ0) is 13.8. The molecule has 4 nitrogen and oxygen atoms in total. The highest BCUT2D eigenvalue weighted by molar-refractivity contribution is 5.86. The van der Waals surface area contributed by atoms with Crippen LogP contribution in [0.25, 0.3) is 0 Å². The summed E-state index contributed by atoms with van der Waals surface area (Å²) >= 11 is 0. The Kier molecular flexibility index (Phi) is 4.22. The van der Waals surface area contributed by atoms with E-state index in [-0.39, 0.29) is 12.0 Å². The third-order valence-corrected chi connectivity index (χ3v) is 3.08. The van der Waals surface area contributed by atoms with Gasteiger partial charge in [-0.25, -0.2) is 0 Å². The fourth-order valence-corrected chi connectivity index (χ4v) is 1.83. The summed E-state index contributed by atoms with van der Waals surface area (Å²) in [6, 6.07) is 4.07. The van der Waals surface area contributed by atoms with E-state index in [1.54, 1.807) is 0 Å². The van der Waals surface area contributed by atoms with E-state index in [9.17, 15) is 4.79 Å². The molecule has 1 saturated heterocycles. The van der Waals surface area contributed by atoms with E-state index in [4.69, 9.17) is 9.47 Å². The maximum Gasteiger partial charge on any atom is 0.243 e. The molecule has 2 rings (SSSR count). The lowest BCUT2D eigenvalue weighted by Crippen LogP contribution is -2.20. The second-order valence-electron chi connectivity index (χ2n) is 4.74. The molecular weight excluding hydrogens is 242 g/mol. The highest BCUT2D eigenvalue weighted by Gasteiger charge is 2.23. The quantitative estimate of drug-likeness (QED) is 0.628. The van der Waals surface area contributed by atoms with Gasteiger partial charge in [0, 0.05) is 6.54 Å². The van der Waals surface area contributed by atoms with Gasteiger partial charge in [-0.3, -0.25) is 4.79 Å². The molecule has 1 heterocycles. The third-order valence-electron chi connectivity index (χ3n) is 3.08. The Labute approximate surface area is 113 Å². The van der Waals surface area contributed by atoms with E-state index in [1.807, 2.05) is 19.9 Å². The number of carbonyl (C=O) groups excluding carboxylic acids is 1. The zero-order valence-corrected chi connectivity index (χ0v) is 11.4. The van der Waals surface area contributed by atoms with Crippen molar-refractivity contribution in [2.24, 2.45) is 0 Å². The molecular formula is C15H19NO3. The molecule has 1 fully saturated rings. The highest BCUT2D eigenvalue weighted by Crippen LogP contribution is 2.25. The van der Waals surface area contributed by atoms with Crippen LogP contribution in [0.2, 0.25) is 0 Å². The third kappa shape index (κ3) is 3.83. The zero-order valence-electron chi connectivity index (χ0n) is 11.4. The monoisotopic (exact) mass is 261 g/mol. The number of nitrogens with one attached hydrogen (secondary N) is 1. The van der Waals surface area contributed by atoms with Crippen LogP contribution in [-0.4, -0.2) is 25.2 Å². The van der Waals surface area contributed by atoms with Crippen molar-refractivity contribution < 1.29 is 14.3 Å². The fourth-order valence-electron chi connectivity index (χ4n) is 1.83. The van der Waals surface area contributed by atoms with Crippen LogP contribution in [0.5, 0.6) is 5.75 Å². The molecule has 0 spiro atoms. The van der Waals surface area contributed by atoms with Crippen LogP contribution in [0.15, 0.2) is 24.8 Å². The Hall–Kier alpha value is -1.81. The fraction of sp³-hybridized carbons (Fsp3) is 0.400. The molecule has 1 aliphatic rings. The van der Waals surface area contributed by atoms with E-state index in [0.29, 0.717) is 13.2 Å². The number of aryl methyl sites for hydroxylation is 1. The number of hydrogen-bond acceptors (Lipinski definition) is 3. The summed E-state index contributed by atoms with van der Waals surface area (Å²) in [4.78, 5) is 11.2. The lowest BCUT2D eigenvalue weighted by molar-refractivity contribution is -0.116. The van der Waals surface area contributed by atoms with Crippen LogP contribution in [-0.2, 0) is 16.1 Å². The summed E-state index contributed by atoms with van der Waals surface area (Å²) in [5.41, 5.74) is 3.22. The summed E-state index contributed by atoms with van der Waals surface area (Å²) in [5, 5.41) is 2.78. The average Bonchev–Trinajstić information content (AvgIpc) is 3.21. The molecule has 1 aromatic rings. The maximum atomic E-state index is 11.2. The maximum absolute atomic E-state index is 11.2. The summed E-state index contributed by atoms with van der Waals surface area (Å²) in [6.45, 7) is 9.30. The molecule has 0 aliphatic carbocycles. The summed E-state index contributed by atoms with van der Waals surface area (Å²) in [5.74, 6) is 0.688. The number of carbonyl (C=O) groups is 1. The first-order chi connectivity index (χ1) is 9.10. The lowest BCUT2D eigenvalue weighted by Gasteiger charge is -2.14. The van der Waals surface area contributed by atoms with Gasteiger partial charge in [0.05, 0.1) is 6.61 Å². The molecule has 4 heteroatoms. The van der Waals surface area contributed by atoms with Gasteiger partial charge in [-0.05, 0) is 42.7 Å². The first-order valence-corrected chi connectivity index (χ1v) is 6.35. The van der Waals surface area contributed by atoms with Crippen molar-refractivity contribution in [3.05, 3.63) is 41.5 Å². The van der Waals surface area contributed by atoms with Crippen LogP contribution in [0, 0.1) is 13.8 Å². The number of amides is 1. The molecule has 102 valence electrons. The Morgan fingerprint density at radius 3 is 2.95 bits per heavy atom. The van der Waals surface area contributed by atoms with Gasteiger partial charge < -0.3 is 14.8 Å². The van der Waals surface area contributed by atoms with E-state index < -0.39 is 0 Å². The molecule has 0 bridgehead atoms. The van der Waals surface area contributed by atoms with Crippen LogP contribution < -0.4 is 10.1 Å². The number of benzene rings is 1. The lowest BCUT2D eigenvalue weighted by atomic mass is 10.0. The molecule has 1 unspecified atom stereocenters. The number of epoxide rings is 1. The van der Waals surface area contributed by atoms with Gasteiger partial charge in [0.1, 0.15) is 18.5 Å². The summed E-state index contributed by atoms with van der Waals surface area (Å²) < 4.78 is 10.9. The van der Waals surface area contributed by atoms with Gasteiger partial charge in [-0.15, -0.1) is 0 Å². The molecule has 0 saturated carbocycles. The normalized spacial score (nSPS) is 16.8. The molecule has 1 aromatic carbocycles. The van der Waals surface area contributed by atoms with Crippen LogP contribution in [0.4, 0.5) is 0 Å². The van der Waals surface area contributed by atoms with Crippen molar-refractivity contribution >= 4 is 5.91 Å². The van der Waals surface area contributed by atoms with Gasteiger partial charge in [-0.1, -0.05) is 12.6 Å². The standard InChI is InChI=1S/C15H19NO3/c1-4-15(17)16-7-12-5-10(2)6-14(11(12)3)19-9-13-8-18-13/h4-6,13H,1,7-9H2,2-3H3,(H,16,17). The minimum atomic E-state index is -0.172. The predicted molar refractivity (Wildman–Crippen MR) is 73.2 cm³/mol. The Morgan fingerprint density at radius 2 is 2.32 bits per heavy atom. The number of rotatable bonds is 6. The Bertz CT molecular complexity index is 492. The van der Waals surface area contributed by atoms with Gasteiger partial charge in [-0.2, -0.15) is 0 Å². The second-order valence-corrected chi connectivity index (χ2v) is 4.74. The number of hydrogen-bond donors (Lipinski definition) is 1. The SMILES string of the molecule is C=CC(=O)NCc1cc(C)cc(OCC2CO2)c1C. The van der Waals surface area contributed by atoms with E-state index in [2.05, 4.69) is 18.0 Å². The topological polar surface area (TPSA) is 50.9 Å². The van der Waals surface area contributed by atoms with Gasteiger partial charge in [0.15, 0.2) is 0 Å². The molecule has 0 radical (unpaired) electrons. The molecule has 19 heavy (non-hydrogen) atoms. The molecule has 1 N–H and O–H groups in total. The first kappa shape index (κ1) is 13.6. The summed E-state index contributed by atoms with van der Waals surface area (Å²) in [6.07, 6.45) is 1.51. The molecule has 1 atom stereocenters. The van der Waals surface area contributed by atoms with Crippen LogP contribution >= 0.6 is 0 Å². The van der Waals surface area contributed by atoms with E-state index in [1.165, 1.54) is 6.08 Å². The van der Waals surface area contributed by atoms with Gasteiger partial charge in [0.2, 0.25) is 5.91 Å². The molecule has 0 aromatic heterocycles. The van der Waals surface area contributed by atoms with Crippen molar-refractivity contribution in [1.29, 1.82) is 0 Å². The minimum Gasteiger partial charge on any atom is -0.490 e. The van der Waals surface area contributed by atoms with Crippen LogP contribution in [0.1, 0.15) is 16.7 Å². The van der Waals surface area contributed by atoms with Crippen molar-refractivity contribution in [2.75, 3.05) is 13.2 Å². The van der Waals surface area contributed by atoms with E-state index in [0.717, 1.165) is 29.0 Å². The average molecular weight is 261 g/mol. The van der Waals surface area contributed by atoms with Crippen molar-refractivity contribution in [3.63, 3.8) is 0 Å². The Morgan fingerprint density at radius 1 is 1.58 bits per heavy atom. The Balaban J connectivity index is 2.07. The van der Waals surface area contributed by atoms with Crippen molar-refractivity contribution in [3.8, 4) is 5.75 Å². The van der Waals surface area contributed by atoms with E-state index >= 15 is 0 Å². The van der Waals surface area contributed by atoms with Crippen molar-refractivity contribution in [1.82, 2.24) is 5.32 Å². The predicted octanol–water partition coefficient (Wildman–Crippen LogP) is 1.88. The minimum absolute atomic E-state index is 0.172. The van der Waals surface area contributed by atoms with Gasteiger partial charge in [0.25, 0.3) is 0 Å². The number of ether oxygens (including phenoxy) is 2. The van der Waals surface area contributed by atoms with Crippen molar-refractivity contribution in [2.45, 2.75) is 26.5 Å². The molecule has 1 aliphatic heterocycles. The highest BCUT2D eigenvalue weighted by atomic mass is 16.6. The summed E-state index contributed by atoms with van der Waals surface area (Å²) in [7, 11) is 0. The van der Waals surface area contributed by atoms with Gasteiger partial charge >= 0.3 is 0 Å². The molecule has 1 amide bonds. The first-order valence-electron chi connectivity index (χ1n) is 6.35. The van der Waals surface area contributed by atoms with Crippen LogP contribution in [0.3, 0.4) is 0 Å². The largest absolute Gasteiger partial charge is 0.490 e. The second kappa shape index (κ2) is 5.89.